The molecule has 6 atom stereocenters. The third-order valence-electron chi connectivity index (χ3n) is 5.64. The molecular formula is C16H23NO4. The summed E-state index contributed by atoms with van der Waals surface area (Å²) in [4.78, 5) is 23.8. The van der Waals surface area contributed by atoms with E-state index in [0.717, 1.165) is 25.7 Å². The van der Waals surface area contributed by atoms with Crippen molar-refractivity contribution in [2.75, 3.05) is 13.2 Å². The summed E-state index contributed by atoms with van der Waals surface area (Å²) in [6.45, 7) is 0.739. The van der Waals surface area contributed by atoms with Gasteiger partial charge in [-0.2, -0.15) is 0 Å². The van der Waals surface area contributed by atoms with E-state index >= 15 is 0 Å². The molecule has 3 rings (SSSR count). The first kappa shape index (κ1) is 14.6. The van der Waals surface area contributed by atoms with Crippen LogP contribution in [0, 0.1) is 35.5 Å². The number of carboxylic acids is 1. The van der Waals surface area contributed by atoms with Crippen molar-refractivity contribution in [3.63, 3.8) is 0 Å². The minimum Gasteiger partial charge on any atom is -0.481 e. The Morgan fingerprint density at radius 2 is 1.76 bits per heavy atom. The van der Waals surface area contributed by atoms with Crippen LogP contribution < -0.4 is 5.32 Å². The summed E-state index contributed by atoms with van der Waals surface area (Å²) < 4.78 is 0. The van der Waals surface area contributed by atoms with Gasteiger partial charge in [-0.05, 0) is 42.9 Å². The fourth-order valence-corrected chi connectivity index (χ4v) is 4.49. The molecule has 1 amide bonds. The molecule has 0 aromatic rings. The van der Waals surface area contributed by atoms with Crippen LogP contribution in [0.15, 0.2) is 12.2 Å². The molecule has 0 aromatic heterocycles. The van der Waals surface area contributed by atoms with Gasteiger partial charge in [0.05, 0.1) is 11.8 Å². The number of fused-ring (bicyclic) bond motifs is 2. The SMILES string of the molecule is O=C(O)[C@@H]1C2C=CC(C2)[C@@H]1C(=O)NCC1CCCC1CO. The number of hydrogen-bond acceptors (Lipinski definition) is 3. The molecule has 0 radical (unpaired) electrons. The Morgan fingerprint density at radius 3 is 2.43 bits per heavy atom. The number of rotatable bonds is 5. The first-order valence-electron chi connectivity index (χ1n) is 7.91. The Balaban J connectivity index is 1.60. The maximum atomic E-state index is 12.4. The maximum Gasteiger partial charge on any atom is 0.307 e. The van der Waals surface area contributed by atoms with Crippen LogP contribution in [0.2, 0.25) is 0 Å². The molecule has 2 fully saturated rings. The Hall–Kier alpha value is -1.36. The van der Waals surface area contributed by atoms with E-state index in [0.29, 0.717) is 12.5 Å². The molecular weight excluding hydrogens is 270 g/mol. The van der Waals surface area contributed by atoms with Crippen LogP contribution in [0.4, 0.5) is 0 Å². The molecule has 3 aliphatic carbocycles. The summed E-state index contributed by atoms with van der Waals surface area (Å²) >= 11 is 0. The van der Waals surface area contributed by atoms with Gasteiger partial charge < -0.3 is 15.5 Å². The molecule has 5 heteroatoms. The molecule has 0 heterocycles. The molecule has 4 unspecified atom stereocenters. The molecule has 116 valence electrons. The molecule has 3 N–H and O–H groups in total. The topological polar surface area (TPSA) is 86.6 Å². The van der Waals surface area contributed by atoms with E-state index in [1.165, 1.54) is 0 Å². The summed E-state index contributed by atoms with van der Waals surface area (Å²) in [5.41, 5.74) is 0. The second kappa shape index (κ2) is 5.79. The average molecular weight is 293 g/mol. The zero-order valence-electron chi connectivity index (χ0n) is 12.1. The predicted octanol–water partition coefficient (Wildman–Crippen LogP) is 1.03. The molecule has 2 bridgehead atoms. The Bertz CT molecular complexity index is 461. The predicted molar refractivity (Wildman–Crippen MR) is 76.3 cm³/mol. The van der Waals surface area contributed by atoms with Crippen molar-refractivity contribution < 1.29 is 19.8 Å². The van der Waals surface area contributed by atoms with Crippen molar-refractivity contribution in [1.29, 1.82) is 0 Å². The summed E-state index contributed by atoms with van der Waals surface area (Å²) in [6.07, 6.45) is 7.89. The quantitative estimate of drug-likeness (QED) is 0.661. The molecule has 5 nitrogen and oxygen atoms in total. The molecule has 2 saturated carbocycles. The van der Waals surface area contributed by atoms with E-state index in [-0.39, 0.29) is 30.3 Å². The van der Waals surface area contributed by atoms with E-state index in [9.17, 15) is 19.8 Å². The number of aliphatic hydroxyl groups excluding tert-OH is 1. The first-order valence-corrected chi connectivity index (χ1v) is 7.91. The lowest BCUT2D eigenvalue weighted by atomic mass is 9.82. The van der Waals surface area contributed by atoms with Gasteiger partial charge in [-0.15, -0.1) is 0 Å². The number of amides is 1. The Kier molecular flexibility index (Phi) is 4.02. The van der Waals surface area contributed by atoms with Crippen LogP contribution >= 0.6 is 0 Å². The third-order valence-corrected chi connectivity index (χ3v) is 5.64. The van der Waals surface area contributed by atoms with E-state index in [2.05, 4.69) is 5.32 Å². The Labute approximate surface area is 124 Å². The maximum absolute atomic E-state index is 12.4. The highest BCUT2D eigenvalue weighted by atomic mass is 16.4. The van der Waals surface area contributed by atoms with Gasteiger partial charge >= 0.3 is 5.97 Å². The summed E-state index contributed by atoms with van der Waals surface area (Å²) in [7, 11) is 0. The van der Waals surface area contributed by atoms with Gasteiger partial charge in [0.2, 0.25) is 5.91 Å². The highest BCUT2D eigenvalue weighted by molar-refractivity contribution is 5.86. The molecule has 0 spiro atoms. The molecule has 21 heavy (non-hydrogen) atoms. The van der Waals surface area contributed by atoms with Gasteiger partial charge in [-0.3, -0.25) is 9.59 Å². The van der Waals surface area contributed by atoms with Gasteiger partial charge in [0.25, 0.3) is 0 Å². The molecule has 0 aromatic carbocycles. The number of carboxylic acid groups (broad SMARTS) is 1. The van der Waals surface area contributed by atoms with Crippen LogP contribution in [0.3, 0.4) is 0 Å². The zero-order valence-corrected chi connectivity index (χ0v) is 12.1. The number of aliphatic hydroxyl groups is 1. The summed E-state index contributed by atoms with van der Waals surface area (Å²) in [5.74, 6) is -1.28. The average Bonchev–Trinajstić information content (AvgIpc) is 3.18. The van der Waals surface area contributed by atoms with Crippen molar-refractivity contribution in [2.45, 2.75) is 25.7 Å². The van der Waals surface area contributed by atoms with Gasteiger partial charge in [-0.1, -0.05) is 18.6 Å². The fourth-order valence-electron chi connectivity index (χ4n) is 4.49. The van der Waals surface area contributed by atoms with E-state index in [1.54, 1.807) is 0 Å². The van der Waals surface area contributed by atoms with Crippen molar-refractivity contribution in [3.05, 3.63) is 12.2 Å². The van der Waals surface area contributed by atoms with Gasteiger partial charge in [0.1, 0.15) is 0 Å². The van der Waals surface area contributed by atoms with E-state index < -0.39 is 17.8 Å². The largest absolute Gasteiger partial charge is 0.481 e. The van der Waals surface area contributed by atoms with Crippen molar-refractivity contribution in [1.82, 2.24) is 5.32 Å². The Morgan fingerprint density at radius 1 is 1.10 bits per heavy atom. The number of carbonyl (C=O) groups excluding carboxylic acids is 1. The summed E-state index contributed by atoms with van der Waals surface area (Å²) in [5, 5.41) is 21.6. The fraction of sp³-hybridized carbons (Fsp3) is 0.750. The number of hydrogen-bond donors (Lipinski definition) is 3. The lowest BCUT2D eigenvalue weighted by Crippen LogP contribution is -2.42. The minimum atomic E-state index is -0.860. The van der Waals surface area contributed by atoms with E-state index in [4.69, 9.17) is 0 Å². The van der Waals surface area contributed by atoms with Crippen LogP contribution in [0.1, 0.15) is 25.7 Å². The van der Waals surface area contributed by atoms with Crippen LogP contribution in [-0.2, 0) is 9.59 Å². The van der Waals surface area contributed by atoms with Crippen molar-refractivity contribution in [3.8, 4) is 0 Å². The second-order valence-corrected chi connectivity index (χ2v) is 6.72. The molecule has 0 aliphatic heterocycles. The normalized spacial score (nSPS) is 40.6. The van der Waals surface area contributed by atoms with Crippen LogP contribution in [0.25, 0.3) is 0 Å². The molecule has 3 aliphatic rings. The van der Waals surface area contributed by atoms with Crippen molar-refractivity contribution in [2.24, 2.45) is 35.5 Å². The zero-order chi connectivity index (χ0) is 15.0. The van der Waals surface area contributed by atoms with Gasteiger partial charge in [-0.25, -0.2) is 0 Å². The minimum absolute atomic E-state index is 0.0138. The number of aliphatic carboxylic acids is 1. The van der Waals surface area contributed by atoms with E-state index in [1.807, 2.05) is 12.2 Å². The van der Waals surface area contributed by atoms with Crippen LogP contribution in [0.5, 0.6) is 0 Å². The lowest BCUT2D eigenvalue weighted by Gasteiger charge is -2.25. The van der Waals surface area contributed by atoms with Gasteiger partial charge in [0.15, 0.2) is 0 Å². The highest BCUT2D eigenvalue weighted by Gasteiger charge is 2.51. The van der Waals surface area contributed by atoms with Crippen LogP contribution in [-0.4, -0.2) is 35.2 Å². The lowest BCUT2D eigenvalue weighted by molar-refractivity contribution is -0.147. The monoisotopic (exact) mass is 293 g/mol. The standard InChI is InChI=1S/C16H23NO4/c18-8-12-3-1-2-11(12)7-17-15(19)13-9-4-5-10(6-9)14(13)16(20)21/h4-5,9-14,18H,1-3,6-8H2,(H,17,19)(H,20,21)/t9?,10?,11?,12?,13-,14+/m0/s1. The van der Waals surface area contributed by atoms with Gasteiger partial charge in [0, 0.05) is 13.2 Å². The first-order chi connectivity index (χ1) is 10.1. The van der Waals surface area contributed by atoms with Crippen molar-refractivity contribution >= 4 is 11.9 Å². The number of carbonyl (C=O) groups is 2. The molecule has 0 saturated heterocycles. The highest BCUT2D eigenvalue weighted by Crippen LogP contribution is 2.48. The smallest absolute Gasteiger partial charge is 0.307 e. The second-order valence-electron chi connectivity index (χ2n) is 6.72. The number of nitrogens with one attached hydrogen (secondary N) is 1. The number of allylic oxidation sites excluding steroid dienone is 2. The summed E-state index contributed by atoms with van der Waals surface area (Å²) in [6, 6.07) is 0. The third kappa shape index (κ3) is 2.59.